The van der Waals surface area contributed by atoms with Gasteiger partial charge in [-0.05, 0) is 74.6 Å². The van der Waals surface area contributed by atoms with Crippen molar-refractivity contribution in [3.05, 3.63) is 83.4 Å². The number of anilines is 3. The predicted molar refractivity (Wildman–Crippen MR) is 149 cm³/mol. The molecule has 0 bridgehead atoms. The molecule has 37 heavy (non-hydrogen) atoms. The van der Waals surface area contributed by atoms with Crippen LogP contribution in [0.3, 0.4) is 0 Å². The molecule has 0 saturated carbocycles. The number of urea groups is 1. The molecule has 3 N–H and O–H groups in total. The van der Waals surface area contributed by atoms with E-state index in [-0.39, 0.29) is 0 Å². The molecule has 1 fully saturated rings. The van der Waals surface area contributed by atoms with Gasteiger partial charge in [-0.25, -0.2) is 4.79 Å². The molecule has 0 aromatic heterocycles. The summed E-state index contributed by atoms with van der Waals surface area (Å²) in [4.78, 5) is 32.4. The van der Waals surface area contributed by atoms with E-state index in [1.807, 2.05) is 24.3 Å². The van der Waals surface area contributed by atoms with Crippen LogP contribution in [0.4, 0.5) is 21.9 Å². The van der Waals surface area contributed by atoms with Crippen LogP contribution in [0.15, 0.2) is 72.8 Å². The Bertz CT molecular complexity index is 1220. The first-order valence-electron chi connectivity index (χ1n) is 12.2. The lowest BCUT2D eigenvalue weighted by molar-refractivity contribution is -0.117. The van der Waals surface area contributed by atoms with E-state index in [4.69, 9.17) is 22.1 Å². The second kappa shape index (κ2) is 12.0. The minimum Gasteiger partial charge on any atom is -0.496 e. The number of rotatable bonds is 7. The third kappa shape index (κ3) is 6.34. The molecule has 3 amide bonds. The summed E-state index contributed by atoms with van der Waals surface area (Å²) in [6.45, 7) is 4.03. The molecular weight excluding hydrogens is 490 g/mol. The van der Waals surface area contributed by atoms with Crippen molar-refractivity contribution in [2.75, 3.05) is 55.5 Å². The number of hydrogen-bond acceptors (Lipinski definition) is 5. The summed E-state index contributed by atoms with van der Waals surface area (Å²) < 4.78 is 5.52. The zero-order valence-corrected chi connectivity index (χ0v) is 21.8. The zero-order valence-electron chi connectivity index (χ0n) is 21.1. The van der Waals surface area contributed by atoms with Gasteiger partial charge in [-0.1, -0.05) is 29.8 Å². The van der Waals surface area contributed by atoms with E-state index in [2.05, 4.69) is 22.2 Å². The van der Waals surface area contributed by atoms with Gasteiger partial charge in [0, 0.05) is 47.3 Å². The summed E-state index contributed by atoms with van der Waals surface area (Å²) in [5.74, 6) is 0.0340. The lowest BCUT2D eigenvalue weighted by atomic mass is 10.0. The van der Waals surface area contributed by atoms with Gasteiger partial charge in [0.05, 0.1) is 7.11 Å². The normalized spacial score (nSPS) is 14.9. The molecule has 3 aromatic rings. The summed E-state index contributed by atoms with van der Waals surface area (Å²) in [5, 5.41) is 3.46. The van der Waals surface area contributed by atoms with Crippen molar-refractivity contribution < 1.29 is 14.3 Å². The third-order valence-corrected chi connectivity index (χ3v) is 6.75. The van der Waals surface area contributed by atoms with Crippen molar-refractivity contribution in [3.8, 4) is 5.75 Å². The highest BCUT2D eigenvalue weighted by Gasteiger charge is 2.34. The smallest absolute Gasteiger partial charge is 0.320 e. The zero-order chi connectivity index (χ0) is 26.4. The van der Waals surface area contributed by atoms with Crippen LogP contribution in [0.2, 0.25) is 5.02 Å². The van der Waals surface area contributed by atoms with Gasteiger partial charge in [-0.3, -0.25) is 9.69 Å². The van der Waals surface area contributed by atoms with Gasteiger partial charge in [-0.2, -0.15) is 0 Å². The van der Waals surface area contributed by atoms with Crippen molar-refractivity contribution in [2.45, 2.75) is 12.5 Å². The summed E-state index contributed by atoms with van der Waals surface area (Å²) in [6.07, 6.45) is 1.10. The molecule has 194 valence electrons. The summed E-state index contributed by atoms with van der Waals surface area (Å²) in [6, 6.07) is 19.5. The molecule has 3 aromatic carbocycles. The Morgan fingerprint density at radius 2 is 1.68 bits per heavy atom. The van der Waals surface area contributed by atoms with Gasteiger partial charge < -0.3 is 25.6 Å². The quantitative estimate of drug-likeness (QED) is 0.468. The standard InChI is InChI=1S/C28H32ClN5O3/c1-32-16-5-17-33(19-18-32)22-14-10-21(11-15-22)31-27(35)26(24-6-3-4-7-25(24)37-2)34(28(30)36)23-12-8-20(29)9-13-23/h3-4,6-15,26H,5,16-19H2,1-2H3,(H2,30,36)(H,31,35). The molecule has 1 atom stereocenters. The molecule has 9 heteroatoms. The molecule has 1 heterocycles. The maximum Gasteiger partial charge on any atom is 0.320 e. The Hall–Kier alpha value is -3.75. The first-order valence-corrected chi connectivity index (χ1v) is 12.6. The van der Waals surface area contributed by atoms with Crippen LogP contribution >= 0.6 is 11.6 Å². The van der Waals surface area contributed by atoms with Gasteiger partial charge in [0.2, 0.25) is 0 Å². The number of primary amides is 1. The molecule has 1 unspecified atom stereocenters. The van der Waals surface area contributed by atoms with Crippen LogP contribution < -0.4 is 25.6 Å². The van der Waals surface area contributed by atoms with E-state index in [1.54, 1.807) is 48.5 Å². The van der Waals surface area contributed by atoms with Gasteiger partial charge in [-0.15, -0.1) is 0 Å². The number of methoxy groups -OCH3 is 1. The first-order chi connectivity index (χ1) is 17.9. The Morgan fingerprint density at radius 1 is 0.973 bits per heavy atom. The molecule has 1 aliphatic rings. The van der Waals surface area contributed by atoms with Crippen LogP contribution in [0, 0.1) is 0 Å². The van der Waals surface area contributed by atoms with Crippen molar-refractivity contribution in [2.24, 2.45) is 5.73 Å². The number of nitrogens with zero attached hydrogens (tertiary/aromatic N) is 3. The molecule has 0 radical (unpaired) electrons. The molecule has 1 aliphatic heterocycles. The van der Waals surface area contributed by atoms with Crippen LogP contribution in [-0.2, 0) is 4.79 Å². The highest BCUT2D eigenvalue weighted by atomic mass is 35.5. The Kier molecular flexibility index (Phi) is 8.53. The van der Waals surface area contributed by atoms with Crippen molar-refractivity contribution >= 4 is 40.6 Å². The second-order valence-corrected chi connectivity index (χ2v) is 9.45. The van der Waals surface area contributed by atoms with E-state index in [9.17, 15) is 9.59 Å². The van der Waals surface area contributed by atoms with Crippen LogP contribution in [0.1, 0.15) is 18.0 Å². The number of carbonyl (C=O) groups excluding carboxylic acids is 2. The minimum absolute atomic E-state index is 0.428. The second-order valence-electron chi connectivity index (χ2n) is 9.01. The largest absolute Gasteiger partial charge is 0.496 e. The number of benzene rings is 3. The van der Waals surface area contributed by atoms with E-state index in [0.29, 0.717) is 27.7 Å². The number of carbonyl (C=O) groups is 2. The maximum absolute atomic E-state index is 13.8. The highest BCUT2D eigenvalue weighted by Crippen LogP contribution is 2.34. The van der Waals surface area contributed by atoms with Gasteiger partial charge in [0.15, 0.2) is 0 Å². The van der Waals surface area contributed by atoms with Crippen molar-refractivity contribution in [3.63, 3.8) is 0 Å². The maximum atomic E-state index is 13.8. The molecule has 8 nitrogen and oxygen atoms in total. The number of halogens is 1. The number of hydrogen-bond donors (Lipinski definition) is 2. The number of likely N-dealkylation sites (N-methyl/N-ethyl adjacent to an activating group) is 1. The number of amides is 3. The average Bonchev–Trinajstić information content (AvgIpc) is 3.12. The van der Waals surface area contributed by atoms with Crippen LogP contribution in [0.25, 0.3) is 0 Å². The molecular formula is C28H32ClN5O3. The fourth-order valence-corrected chi connectivity index (χ4v) is 4.69. The van der Waals surface area contributed by atoms with Gasteiger partial charge in [0.1, 0.15) is 11.8 Å². The van der Waals surface area contributed by atoms with Crippen molar-refractivity contribution in [1.82, 2.24) is 4.90 Å². The first kappa shape index (κ1) is 26.3. The number of ether oxygens (including phenoxy) is 1. The minimum atomic E-state index is -1.09. The monoisotopic (exact) mass is 521 g/mol. The molecule has 1 saturated heterocycles. The SMILES string of the molecule is COc1ccccc1C(C(=O)Nc1ccc(N2CCCN(C)CC2)cc1)N(C(N)=O)c1ccc(Cl)cc1. The molecule has 4 rings (SSSR count). The van der Waals surface area contributed by atoms with Crippen molar-refractivity contribution in [1.29, 1.82) is 0 Å². The molecule has 0 spiro atoms. The predicted octanol–water partition coefficient (Wildman–Crippen LogP) is 4.76. The van der Waals surface area contributed by atoms with E-state index in [0.717, 1.165) is 38.3 Å². The average molecular weight is 522 g/mol. The summed E-state index contributed by atoms with van der Waals surface area (Å²) in [7, 11) is 3.66. The summed E-state index contributed by atoms with van der Waals surface area (Å²) >= 11 is 6.06. The number of para-hydroxylation sites is 1. The van der Waals surface area contributed by atoms with E-state index in [1.165, 1.54) is 12.0 Å². The molecule has 0 aliphatic carbocycles. The lowest BCUT2D eigenvalue weighted by Gasteiger charge is -2.31. The van der Waals surface area contributed by atoms with Crippen LogP contribution in [-0.4, -0.2) is 57.2 Å². The topological polar surface area (TPSA) is 91.1 Å². The Labute approximate surface area is 222 Å². The fraction of sp³-hybridized carbons (Fsp3) is 0.286. The number of nitrogens with one attached hydrogen (secondary N) is 1. The lowest BCUT2D eigenvalue weighted by Crippen LogP contribution is -2.44. The van der Waals surface area contributed by atoms with E-state index >= 15 is 0 Å². The van der Waals surface area contributed by atoms with Crippen LogP contribution in [0.5, 0.6) is 5.75 Å². The van der Waals surface area contributed by atoms with Gasteiger partial charge in [0.25, 0.3) is 5.91 Å². The summed E-state index contributed by atoms with van der Waals surface area (Å²) in [5.41, 5.74) is 8.47. The number of nitrogens with two attached hydrogens (primary N) is 1. The Morgan fingerprint density at radius 3 is 2.35 bits per heavy atom. The van der Waals surface area contributed by atoms with Gasteiger partial charge >= 0.3 is 6.03 Å². The van der Waals surface area contributed by atoms with E-state index < -0.39 is 18.0 Å². The Balaban J connectivity index is 1.64. The third-order valence-electron chi connectivity index (χ3n) is 6.50. The highest BCUT2D eigenvalue weighted by molar-refractivity contribution is 6.30. The fourth-order valence-electron chi connectivity index (χ4n) is 4.57.